The Hall–Kier alpha value is -2.25. The number of likely N-dealkylation sites (N-methyl/N-ethyl adjacent to an activating group) is 1. The summed E-state index contributed by atoms with van der Waals surface area (Å²) in [6.07, 6.45) is 1.65. The van der Waals surface area contributed by atoms with Crippen LogP contribution in [0, 0.1) is 6.92 Å². The van der Waals surface area contributed by atoms with Crippen molar-refractivity contribution in [3.05, 3.63) is 41.7 Å². The smallest absolute Gasteiger partial charge is 0.273 e. The fraction of sp³-hybridized carbons (Fsp3) is 0.438. The number of nitrogens with zero attached hydrogens (tertiary/aromatic N) is 4. The minimum atomic E-state index is -0.236. The maximum Gasteiger partial charge on any atom is 0.273 e. The Morgan fingerprint density at radius 1 is 1.39 bits per heavy atom. The Morgan fingerprint density at radius 2 is 2.17 bits per heavy atom. The zero-order valence-corrected chi connectivity index (χ0v) is 13.4. The van der Waals surface area contributed by atoms with Crippen molar-refractivity contribution in [2.24, 2.45) is 0 Å². The van der Waals surface area contributed by atoms with Crippen LogP contribution in [0.1, 0.15) is 16.1 Å². The lowest BCUT2D eigenvalue weighted by atomic mass is 10.2. The molecular formula is C16H21N5O2. The van der Waals surface area contributed by atoms with E-state index in [4.69, 9.17) is 4.74 Å². The molecule has 1 aromatic heterocycles. The molecule has 3 rings (SSSR count). The molecule has 0 saturated carbocycles. The van der Waals surface area contributed by atoms with E-state index in [0.29, 0.717) is 18.8 Å². The summed E-state index contributed by atoms with van der Waals surface area (Å²) in [5, 5.41) is 10.8. The predicted molar refractivity (Wildman–Crippen MR) is 85.7 cm³/mol. The maximum absolute atomic E-state index is 12.2. The van der Waals surface area contributed by atoms with E-state index in [-0.39, 0.29) is 12.0 Å². The summed E-state index contributed by atoms with van der Waals surface area (Å²) in [5.41, 5.74) is 2.35. The molecule has 2 heterocycles. The predicted octanol–water partition coefficient (Wildman–Crippen LogP) is 0.636. The molecule has 1 saturated heterocycles. The van der Waals surface area contributed by atoms with E-state index in [0.717, 1.165) is 18.8 Å². The second-order valence-electron chi connectivity index (χ2n) is 5.85. The molecule has 0 spiro atoms. The van der Waals surface area contributed by atoms with Crippen LogP contribution in [0.25, 0.3) is 5.69 Å². The summed E-state index contributed by atoms with van der Waals surface area (Å²) in [6, 6.07) is 7.87. The first-order chi connectivity index (χ1) is 11.1. The Kier molecular flexibility index (Phi) is 4.68. The molecule has 1 fully saturated rings. The first-order valence-corrected chi connectivity index (χ1v) is 7.69. The standard InChI is InChI=1S/C16H21N5O2/c1-12-3-5-13(6-4-12)21-11-15(18-19-21)16(22)17-9-14-10-20(2)7-8-23-14/h3-6,11,14H,7-10H2,1-2H3,(H,17,22). The van der Waals surface area contributed by atoms with Gasteiger partial charge in [0.1, 0.15) is 0 Å². The number of carbonyl (C=O) groups excluding carboxylic acids is 1. The third-order valence-corrected chi connectivity index (χ3v) is 3.86. The van der Waals surface area contributed by atoms with Crippen molar-refractivity contribution in [1.82, 2.24) is 25.2 Å². The minimum Gasteiger partial charge on any atom is -0.374 e. The minimum absolute atomic E-state index is 0.0184. The number of nitrogens with one attached hydrogen (secondary N) is 1. The molecule has 122 valence electrons. The second-order valence-corrected chi connectivity index (χ2v) is 5.85. The lowest BCUT2D eigenvalue weighted by Crippen LogP contribution is -2.46. The second kappa shape index (κ2) is 6.89. The molecule has 1 amide bonds. The van der Waals surface area contributed by atoms with Gasteiger partial charge in [-0.3, -0.25) is 4.79 Å². The number of aryl methyl sites for hydroxylation is 1. The Balaban J connectivity index is 1.59. The molecule has 0 radical (unpaired) electrons. The highest BCUT2D eigenvalue weighted by atomic mass is 16.5. The van der Waals surface area contributed by atoms with Crippen LogP contribution in [0.2, 0.25) is 0 Å². The van der Waals surface area contributed by atoms with Gasteiger partial charge in [0.2, 0.25) is 0 Å². The molecule has 23 heavy (non-hydrogen) atoms. The van der Waals surface area contributed by atoms with E-state index < -0.39 is 0 Å². The quantitative estimate of drug-likeness (QED) is 0.896. The topological polar surface area (TPSA) is 72.3 Å². The first kappa shape index (κ1) is 15.6. The van der Waals surface area contributed by atoms with Gasteiger partial charge in [-0.05, 0) is 26.1 Å². The number of rotatable bonds is 4. The van der Waals surface area contributed by atoms with Crippen LogP contribution in [-0.2, 0) is 4.74 Å². The largest absolute Gasteiger partial charge is 0.374 e. The van der Waals surface area contributed by atoms with Crippen LogP contribution in [0.3, 0.4) is 0 Å². The summed E-state index contributed by atoms with van der Waals surface area (Å²) in [6.45, 7) is 4.93. The molecule has 0 bridgehead atoms. The van der Waals surface area contributed by atoms with Crippen LogP contribution in [0.15, 0.2) is 30.5 Å². The lowest BCUT2D eigenvalue weighted by molar-refractivity contribution is -0.0175. The van der Waals surface area contributed by atoms with Gasteiger partial charge in [0, 0.05) is 19.6 Å². The molecule has 0 aliphatic carbocycles. The number of carbonyl (C=O) groups is 1. The number of morpholine rings is 1. The summed E-state index contributed by atoms with van der Waals surface area (Å²) in [7, 11) is 2.05. The lowest BCUT2D eigenvalue weighted by Gasteiger charge is -2.29. The van der Waals surface area contributed by atoms with Gasteiger partial charge in [-0.1, -0.05) is 22.9 Å². The molecule has 1 unspecified atom stereocenters. The number of hydrogen-bond donors (Lipinski definition) is 1. The van der Waals surface area contributed by atoms with Crippen molar-refractivity contribution in [3.63, 3.8) is 0 Å². The Morgan fingerprint density at radius 3 is 2.91 bits per heavy atom. The normalized spacial score (nSPS) is 18.8. The zero-order chi connectivity index (χ0) is 16.2. The highest BCUT2D eigenvalue weighted by Crippen LogP contribution is 2.08. The van der Waals surface area contributed by atoms with Crippen molar-refractivity contribution in [3.8, 4) is 5.69 Å². The van der Waals surface area contributed by atoms with Crippen LogP contribution in [0.4, 0.5) is 0 Å². The van der Waals surface area contributed by atoms with E-state index in [2.05, 4.69) is 20.5 Å². The SMILES string of the molecule is Cc1ccc(-n2cc(C(=O)NCC3CN(C)CCO3)nn2)cc1. The maximum atomic E-state index is 12.2. The molecule has 1 aliphatic rings. The van der Waals surface area contributed by atoms with Crippen LogP contribution in [0.5, 0.6) is 0 Å². The van der Waals surface area contributed by atoms with E-state index in [9.17, 15) is 4.79 Å². The molecular weight excluding hydrogens is 294 g/mol. The van der Waals surface area contributed by atoms with Crippen molar-refractivity contribution in [2.45, 2.75) is 13.0 Å². The van der Waals surface area contributed by atoms with Gasteiger partial charge in [0.25, 0.3) is 5.91 Å². The monoisotopic (exact) mass is 315 g/mol. The van der Waals surface area contributed by atoms with Crippen molar-refractivity contribution >= 4 is 5.91 Å². The highest BCUT2D eigenvalue weighted by Gasteiger charge is 2.19. The van der Waals surface area contributed by atoms with Gasteiger partial charge < -0.3 is 15.0 Å². The average Bonchev–Trinajstić information content (AvgIpc) is 3.03. The van der Waals surface area contributed by atoms with Crippen molar-refractivity contribution in [1.29, 1.82) is 0 Å². The number of aromatic nitrogens is 3. The summed E-state index contributed by atoms with van der Waals surface area (Å²) in [4.78, 5) is 14.4. The van der Waals surface area contributed by atoms with Gasteiger partial charge in [0.05, 0.1) is 24.6 Å². The fourth-order valence-electron chi connectivity index (χ4n) is 2.48. The van der Waals surface area contributed by atoms with E-state index in [1.165, 1.54) is 5.56 Å². The van der Waals surface area contributed by atoms with Crippen LogP contribution < -0.4 is 5.32 Å². The number of hydrogen-bond acceptors (Lipinski definition) is 5. The Bertz CT molecular complexity index is 667. The zero-order valence-electron chi connectivity index (χ0n) is 13.4. The number of ether oxygens (including phenoxy) is 1. The third kappa shape index (κ3) is 3.94. The van der Waals surface area contributed by atoms with Crippen molar-refractivity contribution in [2.75, 3.05) is 33.3 Å². The molecule has 1 aromatic carbocycles. The van der Waals surface area contributed by atoms with Gasteiger partial charge in [-0.15, -0.1) is 5.10 Å². The van der Waals surface area contributed by atoms with Crippen LogP contribution in [-0.4, -0.2) is 65.2 Å². The van der Waals surface area contributed by atoms with Crippen molar-refractivity contribution < 1.29 is 9.53 Å². The summed E-state index contributed by atoms with van der Waals surface area (Å²) >= 11 is 0. The average molecular weight is 315 g/mol. The van der Waals surface area contributed by atoms with E-state index >= 15 is 0 Å². The molecule has 1 N–H and O–H groups in total. The summed E-state index contributed by atoms with van der Waals surface area (Å²) < 4.78 is 7.22. The number of amides is 1. The molecule has 7 heteroatoms. The fourth-order valence-corrected chi connectivity index (χ4v) is 2.48. The third-order valence-electron chi connectivity index (χ3n) is 3.86. The highest BCUT2D eigenvalue weighted by molar-refractivity contribution is 5.91. The summed E-state index contributed by atoms with van der Waals surface area (Å²) in [5.74, 6) is -0.236. The molecule has 1 atom stereocenters. The molecule has 1 aliphatic heterocycles. The van der Waals surface area contributed by atoms with E-state index in [1.54, 1.807) is 10.9 Å². The van der Waals surface area contributed by atoms with Gasteiger partial charge >= 0.3 is 0 Å². The van der Waals surface area contributed by atoms with E-state index in [1.807, 2.05) is 38.2 Å². The van der Waals surface area contributed by atoms with Gasteiger partial charge in [0.15, 0.2) is 5.69 Å². The number of benzene rings is 1. The molecule has 7 nitrogen and oxygen atoms in total. The van der Waals surface area contributed by atoms with Gasteiger partial charge in [-0.25, -0.2) is 4.68 Å². The van der Waals surface area contributed by atoms with Gasteiger partial charge in [-0.2, -0.15) is 0 Å². The van der Waals surface area contributed by atoms with Crippen LogP contribution >= 0.6 is 0 Å². The first-order valence-electron chi connectivity index (χ1n) is 7.69. The Labute approximate surface area is 135 Å². The molecule has 2 aromatic rings.